The summed E-state index contributed by atoms with van der Waals surface area (Å²) in [6, 6.07) is 9.04. The summed E-state index contributed by atoms with van der Waals surface area (Å²) in [5, 5.41) is 0. The highest BCUT2D eigenvalue weighted by molar-refractivity contribution is 5.59. The molecule has 2 aromatic rings. The van der Waals surface area contributed by atoms with Crippen molar-refractivity contribution in [1.82, 2.24) is 14.5 Å². The Balaban J connectivity index is 1.84. The number of hydrogen-bond acceptors (Lipinski definition) is 4. The second-order valence-corrected chi connectivity index (χ2v) is 7.64. The van der Waals surface area contributed by atoms with Gasteiger partial charge in [-0.25, -0.2) is 4.98 Å². The molecule has 2 heterocycles. The molecule has 1 saturated carbocycles. The number of rotatable bonds is 3. The second kappa shape index (κ2) is 6.88. The summed E-state index contributed by atoms with van der Waals surface area (Å²) >= 11 is 0. The summed E-state index contributed by atoms with van der Waals surface area (Å²) in [6.45, 7) is 7.55. The van der Waals surface area contributed by atoms with Gasteiger partial charge < -0.3 is 0 Å². The Labute approximate surface area is 155 Å². The highest BCUT2D eigenvalue weighted by Crippen LogP contribution is 2.32. The lowest BCUT2D eigenvalue weighted by Gasteiger charge is -2.41. The average Bonchev–Trinajstić information content (AvgIpc) is 3.16. The summed E-state index contributed by atoms with van der Waals surface area (Å²) in [6.07, 6.45) is 5.77. The molecule has 1 aliphatic carbocycles. The van der Waals surface area contributed by atoms with E-state index < -0.39 is 0 Å². The number of anilines is 2. The molecule has 1 aromatic carbocycles. The molecular formula is C21H28N4O. The van der Waals surface area contributed by atoms with Gasteiger partial charge in [0, 0.05) is 23.0 Å². The first-order valence-corrected chi connectivity index (χ1v) is 9.77. The van der Waals surface area contributed by atoms with Crippen LogP contribution in [0.5, 0.6) is 0 Å². The smallest absolute Gasteiger partial charge is 0.259 e. The van der Waals surface area contributed by atoms with Crippen LogP contribution in [0.3, 0.4) is 0 Å². The third kappa shape index (κ3) is 2.94. The summed E-state index contributed by atoms with van der Waals surface area (Å²) in [5.41, 5.74) is 4.14. The number of hydrogen-bond donors (Lipinski definition) is 0. The van der Waals surface area contributed by atoms with E-state index in [0.717, 1.165) is 36.0 Å². The van der Waals surface area contributed by atoms with Crippen molar-refractivity contribution in [3.05, 3.63) is 51.4 Å². The molecule has 5 nitrogen and oxygen atoms in total. The monoisotopic (exact) mass is 352 g/mol. The lowest BCUT2D eigenvalue weighted by molar-refractivity contribution is 0.138. The summed E-state index contributed by atoms with van der Waals surface area (Å²) in [7, 11) is 0. The van der Waals surface area contributed by atoms with Crippen LogP contribution in [0.2, 0.25) is 0 Å². The van der Waals surface area contributed by atoms with Crippen molar-refractivity contribution in [1.29, 1.82) is 0 Å². The van der Waals surface area contributed by atoms with Crippen molar-refractivity contribution in [3.8, 4) is 0 Å². The highest BCUT2D eigenvalue weighted by atomic mass is 16.1. The average molecular weight is 352 g/mol. The molecule has 0 unspecified atom stereocenters. The normalized spacial score (nSPS) is 18.3. The van der Waals surface area contributed by atoms with Crippen LogP contribution in [0.1, 0.15) is 49.4 Å². The molecule has 0 N–H and O–H groups in total. The van der Waals surface area contributed by atoms with Crippen molar-refractivity contribution in [2.75, 3.05) is 11.6 Å². The van der Waals surface area contributed by atoms with Gasteiger partial charge >= 0.3 is 0 Å². The third-order valence-corrected chi connectivity index (χ3v) is 5.84. The molecule has 0 atom stereocenters. The van der Waals surface area contributed by atoms with E-state index in [-0.39, 0.29) is 5.56 Å². The number of aromatic nitrogens is 2. The first kappa shape index (κ1) is 17.3. The van der Waals surface area contributed by atoms with Crippen LogP contribution in [0, 0.1) is 13.8 Å². The molecule has 0 bridgehead atoms. The van der Waals surface area contributed by atoms with Gasteiger partial charge in [-0.3, -0.25) is 19.2 Å². The van der Waals surface area contributed by atoms with E-state index in [1.54, 1.807) is 0 Å². The fourth-order valence-corrected chi connectivity index (χ4v) is 4.39. The zero-order valence-corrected chi connectivity index (χ0v) is 16.0. The van der Waals surface area contributed by atoms with Crippen molar-refractivity contribution in [2.45, 2.75) is 65.6 Å². The largest absolute Gasteiger partial charge is 0.298 e. The lowest BCUT2D eigenvalue weighted by Crippen LogP contribution is -2.51. The summed E-state index contributed by atoms with van der Waals surface area (Å²) in [5.74, 6) is 0.782. The van der Waals surface area contributed by atoms with E-state index in [2.05, 4.69) is 41.0 Å². The highest BCUT2D eigenvalue weighted by Gasteiger charge is 2.32. The number of fused-ring (bicyclic) bond motifs is 1. The molecular weight excluding hydrogens is 324 g/mol. The Morgan fingerprint density at radius 3 is 2.62 bits per heavy atom. The Hall–Kier alpha value is -2.14. The Morgan fingerprint density at radius 2 is 1.92 bits per heavy atom. The van der Waals surface area contributed by atoms with Crippen LogP contribution in [0.25, 0.3) is 0 Å². The Kier molecular flexibility index (Phi) is 4.57. The van der Waals surface area contributed by atoms with Crippen LogP contribution in [0.15, 0.2) is 29.1 Å². The summed E-state index contributed by atoms with van der Waals surface area (Å²) < 4.78 is 1.88. The van der Waals surface area contributed by atoms with Crippen LogP contribution >= 0.6 is 0 Å². The molecule has 0 radical (unpaired) electrons. The molecule has 4 rings (SSSR count). The lowest BCUT2D eigenvalue weighted by atomic mass is 10.1. The quantitative estimate of drug-likeness (QED) is 0.844. The SMILES string of the molecule is CCc1c(C)nc2n(c1=O)CN(C1CCCC1)CN2c1cccc(C)c1. The Morgan fingerprint density at radius 1 is 1.15 bits per heavy atom. The van der Waals surface area contributed by atoms with E-state index in [9.17, 15) is 4.79 Å². The Bertz CT molecular complexity index is 867. The van der Waals surface area contributed by atoms with Gasteiger partial charge in [-0.2, -0.15) is 0 Å². The fourth-order valence-electron chi connectivity index (χ4n) is 4.39. The van der Waals surface area contributed by atoms with Gasteiger partial charge in [0.25, 0.3) is 5.56 Å². The van der Waals surface area contributed by atoms with Gasteiger partial charge in [0.2, 0.25) is 5.95 Å². The first-order chi connectivity index (χ1) is 12.6. The molecule has 1 aromatic heterocycles. The first-order valence-electron chi connectivity index (χ1n) is 9.77. The fraction of sp³-hybridized carbons (Fsp3) is 0.524. The topological polar surface area (TPSA) is 41.4 Å². The van der Waals surface area contributed by atoms with Gasteiger partial charge in [0.1, 0.15) is 0 Å². The summed E-state index contributed by atoms with van der Waals surface area (Å²) in [4.78, 5) is 22.7. The molecule has 26 heavy (non-hydrogen) atoms. The predicted molar refractivity (Wildman–Crippen MR) is 105 cm³/mol. The van der Waals surface area contributed by atoms with Crippen molar-refractivity contribution in [3.63, 3.8) is 0 Å². The van der Waals surface area contributed by atoms with Gasteiger partial charge in [0.05, 0.1) is 13.3 Å². The van der Waals surface area contributed by atoms with E-state index in [1.165, 1.54) is 31.2 Å². The predicted octanol–water partition coefficient (Wildman–Crippen LogP) is 3.73. The maximum absolute atomic E-state index is 13.1. The zero-order chi connectivity index (χ0) is 18.3. The number of aryl methyl sites for hydroxylation is 2. The molecule has 0 amide bonds. The van der Waals surface area contributed by atoms with Crippen LogP contribution < -0.4 is 10.5 Å². The maximum Gasteiger partial charge on any atom is 0.259 e. The van der Waals surface area contributed by atoms with Crippen LogP contribution in [-0.2, 0) is 13.1 Å². The van der Waals surface area contributed by atoms with Crippen LogP contribution in [-0.4, -0.2) is 27.2 Å². The second-order valence-electron chi connectivity index (χ2n) is 7.64. The minimum absolute atomic E-state index is 0.121. The molecule has 0 saturated heterocycles. The van der Waals surface area contributed by atoms with E-state index in [4.69, 9.17) is 4.98 Å². The van der Waals surface area contributed by atoms with Gasteiger partial charge in [-0.1, -0.05) is 31.9 Å². The minimum atomic E-state index is 0.121. The van der Waals surface area contributed by atoms with Crippen molar-refractivity contribution < 1.29 is 0 Å². The number of nitrogens with zero attached hydrogens (tertiary/aromatic N) is 4. The van der Waals surface area contributed by atoms with E-state index in [0.29, 0.717) is 12.7 Å². The standard InChI is InChI=1S/C21H28N4O/c1-4-19-16(3)22-21-24(18-11-7-8-15(2)12-18)13-23(14-25(21)20(19)26)17-9-5-6-10-17/h7-8,11-12,17H,4-6,9-10,13-14H2,1-3H3. The van der Waals surface area contributed by atoms with E-state index >= 15 is 0 Å². The number of benzene rings is 1. The molecule has 0 spiro atoms. The molecule has 1 fully saturated rings. The van der Waals surface area contributed by atoms with Gasteiger partial charge in [0.15, 0.2) is 0 Å². The third-order valence-electron chi connectivity index (χ3n) is 5.84. The minimum Gasteiger partial charge on any atom is -0.298 e. The zero-order valence-electron chi connectivity index (χ0n) is 16.0. The van der Waals surface area contributed by atoms with E-state index in [1.807, 2.05) is 18.4 Å². The molecule has 1 aliphatic heterocycles. The van der Waals surface area contributed by atoms with Crippen molar-refractivity contribution in [2.24, 2.45) is 0 Å². The van der Waals surface area contributed by atoms with Crippen LogP contribution in [0.4, 0.5) is 11.6 Å². The molecule has 2 aliphatic rings. The van der Waals surface area contributed by atoms with Crippen molar-refractivity contribution >= 4 is 11.6 Å². The van der Waals surface area contributed by atoms with Gasteiger partial charge in [-0.15, -0.1) is 0 Å². The molecule has 138 valence electrons. The van der Waals surface area contributed by atoms with Gasteiger partial charge in [-0.05, 0) is 50.8 Å². The maximum atomic E-state index is 13.1. The molecule has 5 heteroatoms.